The van der Waals surface area contributed by atoms with Gasteiger partial charge in [-0.1, -0.05) is 170 Å². The number of nitrogens with one attached hydrogen (secondary N) is 1. The van der Waals surface area contributed by atoms with Crippen LogP contribution in [0.25, 0.3) is 105 Å². The van der Waals surface area contributed by atoms with E-state index in [4.69, 9.17) is 0 Å². The first-order valence-corrected chi connectivity index (χ1v) is 21.5. The summed E-state index contributed by atoms with van der Waals surface area (Å²) in [4.78, 5) is 0. The highest BCUT2D eigenvalue weighted by Gasteiger charge is 2.25. The molecule has 5 nitrogen and oxygen atoms in total. The lowest BCUT2D eigenvalue weighted by Crippen LogP contribution is -2.10. The summed E-state index contributed by atoms with van der Waals surface area (Å²) in [5, 5.41) is 14.9. The summed E-state index contributed by atoms with van der Waals surface area (Å²) < 4.78 is 7.46. The molecule has 63 heavy (non-hydrogen) atoms. The Hall–Kier alpha value is -8.41. The highest BCUT2D eigenvalue weighted by molar-refractivity contribution is 6.13. The van der Waals surface area contributed by atoms with Crippen molar-refractivity contribution in [3.63, 3.8) is 0 Å². The molecule has 0 amide bonds. The Bertz CT molecular complexity index is 3460. The van der Waals surface area contributed by atoms with Gasteiger partial charge in [-0.05, 0) is 72.6 Å². The lowest BCUT2D eigenvalue weighted by molar-refractivity contribution is 1.04. The number of hydrogen-bond acceptors (Lipinski definition) is 1. The van der Waals surface area contributed by atoms with Gasteiger partial charge in [-0.25, -0.2) is 0 Å². The minimum atomic E-state index is 0.976. The zero-order valence-electron chi connectivity index (χ0n) is 34.7. The normalized spacial score (nSPS) is 11.6. The number of fused-ring (bicyclic) bond motifs is 9. The third-order valence-corrected chi connectivity index (χ3v) is 12.4. The van der Waals surface area contributed by atoms with Gasteiger partial charge in [0.05, 0.1) is 61.6 Å². The Morgan fingerprint density at radius 2 is 0.651 bits per heavy atom. The first-order chi connectivity index (χ1) is 31.2. The second-order valence-corrected chi connectivity index (χ2v) is 16.2. The number of rotatable bonds is 5. The molecule has 0 saturated carbocycles. The van der Waals surface area contributed by atoms with Crippen LogP contribution in [0.4, 0.5) is 0 Å². The van der Waals surface area contributed by atoms with Gasteiger partial charge in [0.25, 0.3) is 0 Å². The summed E-state index contributed by atoms with van der Waals surface area (Å²) >= 11 is 0. The second-order valence-electron chi connectivity index (χ2n) is 16.2. The Labute approximate surface area is 364 Å². The van der Waals surface area contributed by atoms with Gasteiger partial charge in [0.15, 0.2) is 0 Å². The van der Waals surface area contributed by atoms with Crippen LogP contribution in [0.3, 0.4) is 0 Å². The molecule has 0 fully saturated rings. The smallest absolute Gasteiger partial charge is 0.0947 e. The largest absolute Gasteiger partial charge is 0.307 e. The van der Waals surface area contributed by atoms with Crippen LogP contribution in [-0.4, -0.2) is 23.9 Å². The van der Waals surface area contributed by atoms with Gasteiger partial charge in [0.2, 0.25) is 0 Å². The van der Waals surface area contributed by atoms with Crippen molar-refractivity contribution in [1.82, 2.24) is 23.9 Å². The van der Waals surface area contributed by atoms with Crippen LogP contribution in [0.15, 0.2) is 224 Å². The third kappa shape index (κ3) is 5.97. The predicted octanol–water partition coefficient (Wildman–Crippen LogP) is 15.0. The average molecular weight is 808 g/mol. The van der Waals surface area contributed by atoms with Crippen LogP contribution in [0.5, 0.6) is 0 Å². The van der Waals surface area contributed by atoms with E-state index in [1.807, 2.05) is 36.4 Å². The SMILES string of the molecule is Cc1cc(-n2c3ccccc3c3ccccc32)c(-n2c3ccccc3c3ccccc32)c(-n2c3ccccc3c3ccccc32)c1.c1ccc(-c2cc(-c3ccccc3)[nH]n2)cc1. The summed E-state index contributed by atoms with van der Waals surface area (Å²) in [6, 6.07) is 80.1. The quantitative estimate of drug-likeness (QED) is 0.185. The fourth-order valence-electron chi connectivity index (χ4n) is 9.68. The summed E-state index contributed by atoms with van der Waals surface area (Å²) in [6.07, 6.45) is 0. The Morgan fingerprint density at radius 3 is 1.03 bits per heavy atom. The lowest BCUT2D eigenvalue weighted by Gasteiger charge is -2.23. The van der Waals surface area contributed by atoms with Crippen molar-refractivity contribution in [2.24, 2.45) is 0 Å². The van der Waals surface area contributed by atoms with E-state index in [2.05, 4.69) is 219 Å². The molecule has 298 valence electrons. The molecule has 1 N–H and O–H groups in total. The maximum absolute atomic E-state index is 4.34. The van der Waals surface area contributed by atoms with Gasteiger partial charge in [-0.2, -0.15) is 5.10 Å². The topological polar surface area (TPSA) is 43.5 Å². The number of hydrogen-bond donors (Lipinski definition) is 1. The molecule has 0 aliphatic rings. The summed E-state index contributed by atoms with van der Waals surface area (Å²) in [6.45, 7) is 2.23. The van der Waals surface area contributed by atoms with Crippen LogP contribution < -0.4 is 0 Å². The first kappa shape index (κ1) is 36.4. The fraction of sp³-hybridized carbons (Fsp3) is 0.0172. The van der Waals surface area contributed by atoms with Gasteiger partial charge in [0.1, 0.15) is 0 Å². The molecule has 13 aromatic rings. The third-order valence-electron chi connectivity index (χ3n) is 12.4. The molecule has 4 aromatic heterocycles. The Balaban J connectivity index is 0.000000208. The van der Waals surface area contributed by atoms with E-state index in [0.29, 0.717) is 0 Å². The molecule has 0 saturated heterocycles. The van der Waals surface area contributed by atoms with Crippen LogP contribution in [-0.2, 0) is 0 Å². The van der Waals surface area contributed by atoms with Crippen molar-refractivity contribution in [2.75, 3.05) is 0 Å². The Morgan fingerprint density at radius 1 is 0.333 bits per heavy atom. The van der Waals surface area contributed by atoms with Crippen molar-refractivity contribution in [3.8, 4) is 39.6 Å². The first-order valence-electron chi connectivity index (χ1n) is 21.5. The van der Waals surface area contributed by atoms with Crippen LogP contribution in [0.1, 0.15) is 5.56 Å². The molecule has 0 aliphatic carbocycles. The predicted molar refractivity (Wildman–Crippen MR) is 264 cm³/mol. The molecular formula is C58H41N5. The maximum Gasteiger partial charge on any atom is 0.0947 e. The van der Waals surface area contributed by atoms with Gasteiger partial charge < -0.3 is 13.7 Å². The van der Waals surface area contributed by atoms with E-state index in [9.17, 15) is 0 Å². The maximum atomic E-state index is 4.34. The lowest BCUT2D eigenvalue weighted by atomic mass is 10.1. The van der Waals surface area contributed by atoms with E-state index in [1.165, 1.54) is 71.0 Å². The highest BCUT2D eigenvalue weighted by atomic mass is 15.1. The van der Waals surface area contributed by atoms with Crippen molar-refractivity contribution in [2.45, 2.75) is 6.92 Å². The van der Waals surface area contributed by atoms with Gasteiger partial charge in [-0.3, -0.25) is 5.10 Å². The van der Waals surface area contributed by atoms with Crippen molar-refractivity contribution < 1.29 is 0 Å². The summed E-state index contributed by atoms with van der Waals surface area (Å²) in [7, 11) is 0. The number of nitrogens with zero attached hydrogens (tertiary/aromatic N) is 4. The van der Waals surface area contributed by atoms with Crippen molar-refractivity contribution in [1.29, 1.82) is 0 Å². The molecule has 0 bridgehead atoms. The zero-order chi connectivity index (χ0) is 41.9. The molecule has 4 heterocycles. The molecule has 0 atom stereocenters. The summed E-state index contributed by atoms with van der Waals surface area (Å²) in [5.41, 5.74) is 16.2. The Kier molecular flexibility index (Phi) is 8.64. The van der Waals surface area contributed by atoms with E-state index in [-0.39, 0.29) is 0 Å². The number of para-hydroxylation sites is 6. The standard InChI is InChI=1S/C43H29N3.C15H12N2/c1-28-26-41(44-35-20-8-2-14-29(35)30-15-3-9-21-36(30)44)43(46-39-24-12-6-18-33(39)34-19-7-13-25-40(34)46)42(27-28)45-37-22-10-4-16-31(37)32-17-5-11-23-38(32)45;1-3-7-12(8-4-1)14-11-15(17-16-14)13-9-5-2-6-10-13/h2-27H,1H3;1-11H,(H,16,17). The minimum Gasteiger partial charge on any atom is -0.307 e. The monoisotopic (exact) mass is 807 g/mol. The van der Waals surface area contributed by atoms with Crippen LogP contribution >= 0.6 is 0 Å². The van der Waals surface area contributed by atoms with Gasteiger partial charge >= 0.3 is 0 Å². The van der Waals surface area contributed by atoms with E-state index < -0.39 is 0 Å². The minimum absolute atomic E-state index is 0.976. The highest BCUT2D eigenvalue weighted by Crippen LogP contribution is 2.43. The van der Waals surface area contributed by atoms with Crippen molar-refractivity contribution >= 4 is 65.4 Å². The summed E-state index contributed by atoms with van der Waals surface area (Å²) in [5.74, 6) is 0. The van der Waals surface area contributed by atoms with E-state index >= 15 is 0 Å². The second kappa shape index (κ2) is 14.9. The molecule has 13 rings (SSSR count). The average Bonchev–Trinajstić information content (AvgIpc) is 4.13. The number of benzene rings is 9. The number of aryl methyl sites for hydroxylation is 1. The number of aromatic amines is 1. The molecule has 0 spiro atoms. The van der Waals surface area contributed by atoms with Crippen LogP contribution in [0.2, 0.25) is 0 Å². The number of aromatic nitrogens is 5. The molecule has 5 heteroatoms. The van der Waals surface area contributed by atoms with Crippen molar-refractivity contribution in [3.05, 3.63) is 230 Å². The van der Waals surface area contributed by atoms with E-state index in [1.54, 1.807) is 0 Å². The zero-order valence-corrected chi connectivity index (χ0v) is 34.7. The fourth-order valence-corrected chi connectivity index (χ4v) is 9.68. The van der Waals surface area contributed by atoms with Gasteiger partial charge in [-0.15, -0.1) is 0 Å². The van der Waals surface area contributed by atoms with Crippen LogP contribution in [0, 0.1) is 6.92 Å². The molecule has 0 aliphatic heterocycles. The van der Waals surface area contributed by atoms with E-state index in [0.717, 1.165) is 39.6 Å². The molecule has 9 aromatic carbocycles. The molecule has 0 radical (unpaired) electrons. The van der Waals surface area contributed by atoms with Gasteiger partial charge in [0, 0.05) is 37.9 Å². The molecular weight excluding hydrogens is 767 g/mol. The molecule has 0 unspecified atom stereocenters. The number of H-pyrrole nitrogens is 1.